The minimum atomic E-state index is -0.579. The van der Waals surface area contributed by atoms with Crippen molar-refractivity contribution < 1.29 is 14.3 Å². The molecule has 0 aliphatic heterocycles. The number of methoxy groups -OCH3 is 1. The maximum Gasteiger partial charge on any atom is 0.356 e. The van der Waals surface area contributed by atoms with Gasteiger partial charge in [-0.05, 0) is 18.2 Å². The highest BCUT2D eigenvalue weighted by molar-refractivity contribution is 5.92. The minimum absolute atomic E-state index is 0.105. The molecule has 104 valence electrons. The van der Waals surface area contributed by atoms with E-state index >= 15 is 0 Å². The predicted molar refractivity (Wildman–Crippen MR) is 70.5 cm³/mol. The van der Waals surface area contributed by atoms with Gasteiger partial charge in [-0.2, -0.15) is 5.10 Å². The monoisotopic (exact) mass is 275 g/mol. The Morgan fingerprint density at radius 2 is 2.05 bits per heavy atom. The first-order valence-corrected chi connectivity index (χ1v) is 5.69. The van der Waals surface area contributed by atoms with Crippen LogP contribution in [0.15, 0.2) is 24.4 Å². The van der Waals surface area contributed by atoms with Crippen molar-refractivity contribution in [1.82, 2.24) is 20.1 Å². The van der Waals surface area contributed by atoms with Gasteiger partial charge in [-0.1, -0.05) is 0 Å². The number of amides is 1. The number of carbonyl (C=O) groups excluding carboxylic acids is 2. The Morgan fingerprint density at radius 1 is 1.30 bits per heavy atom. The molecular weight excluding hydrogens is 262 g/mol. The van der Waals surface area contributed by atoms with Gasteiger partial charge in [0.25, 0.3) is 5.91 Å². The van der Waals surface area contributed by atoms with Crippen LogP contribution in [0.25, 0.3) is 5.82 Å². The Morgan fingerprint density at radius 3 is 2.70 bits per heavy atom. The lowest BCUT2D eigenvalue weighted by Crippen LogP contribution is -2.19. The Labute approximate surface area is 114 Å². The summed E-state index contributed by atoms with van der Waals surface area (Å²) in [4.78, 5) is 27.0. The molecular formula is C12H13N5O3. The molecule has 0 spiro atoms. The number of nitrogens with zero attached hydrogens (tertiary/aromatic N) is 3. The van der Waals surface area contributed by atoms with Crippen LogP contribution in [0, 0.1) is 0 Å². The summed E-state index contributed by atoms with van der Waals surface area (Å²) in [5.41, 5.74) is 6.45. The van der Waals surface area contributed by atoms with Crippen molar-refractivity contribution >= 4 is 17.6 Å². The maximum atomic E-state index is 11.5. The molecule has 0 aliphatic rings. The molecule has 1 amide bonds. The van der Waals surface area contributed by atoms with Gasteiger partial charge in [0.05, 0.1) is 12.8 Å². The SMILES string of the molecule is CNC(=O)c1ccn(-c2nc(C(=O)OC)ccc2N)n1. The molecule has 20 heavy (non-hydrogen) atoms. The summed E-state index contributed by atoms with van der Waals surface area (Å²) in [6.07, 6.45) is 1.53. The number of nitrogens with one attached hydrogen (secondary N) is 1. The lowest BCUT2D eigenvalue weighted by Gasteiger charge is -2.06. The Hall–Kier alpha value is -2.90. The van der Waals surface area contributed by atoms with Gasteiger partial charge in [0.1, 0.15) is 0 Å². The minimum Gasteiger partial charge on any atom is -0.464 e. The number of rotatable bonds is 3. The second-order valence-corrected chi connectivity index (χ2v) is 3.83. The highest BCUT2D eigenvalue weighted by atomic mass is 16.5. The fraction of sp³-hybridized carbons (Fsp3) is 0.167. The number of nitrogens with two attached hydrogens (primary N) is 1. The molecule has 0 atom stereocenters. The lowest BCUT2D eigenvalue weighted by molar-refractivity contribution is 0.0594. The van der Waals surface area contributed by atoms with Crippen molar-refractivity contribution in [2.75, 3.05) is 19.9 Å². The van der Waals surface area contributed by atoms with Crippen molar-refractivity contribution in [3.63, 3.8) is 0 Å². The Bertz CT molecular complexity index is 665. The first kappa shape index (κ1) is 13.5. The number of aromatic nitrogens is 3. The van der Waals surface area contributed by atoms with Gasteiger partial charge in [-0.25, -0.2) is 14.5 Å². The van der Waals surface area contributed by atoms with Crippen LogP contribution < -0.4 is 11.1 Å². The standard InChI is InChI=1S/C12H13N5O3/c1-14-11(18)8-5-6-17(16-8)10-7(13)3-4-9(15-10)12(19)20-2/h3-6H,13H2,1-2H3,(H,14,18). The van der Waals surface area contributed by atoms with Crippen LogP contribution in [0.3, 0.4) is 0 Å². The molecule has 8 heteroatoms. The molecule has 2 heterocycles. The number of esters is 1. The molecule has 2 rings (SSSR count). The van der Waals surface area contributed by atoms with E-state index in [2.05, 4.69) is 20.1 Å². The molecule has 8 nitrogen and oxygen atoms in total. The molecule has 2 aromatic heterocycles. The number of hydrogen-bond acceptors (Lipinski definition) is 6. The highest BCUT2D eigenvalue weighted by Gasteiger charge is 2.14. The van der Waals surface area contributed by atoms with Gasteiger partial charge < -0.3 is 15.8 Å². The average Bonchev–Trinajstić information content (AvgIpc) is 2.95. The van der Waals surface area contributed by atoms with Gasteiger partial charge in [-0.3, -0.25) is 4.79 Å². The van der Waals surface area contributed by atoms with Crippen molar-refractivity contribution in [3.8, 4) is 5.82 Å². The van der Waals surface area contributed by atoms with Crippen LogP contribution in [0.4, 0.5) is 5.69 Å². The van der Waals surface area contributed by atoms with Crippen molar-refractivity contribution in [3.05, 3.63) is 35.8 Å². The van der Waals surface area contributed by atoms with Gasteiger partial charge in [0, 0.05) is 13.2 Å². The zero-order valence-corrected chi connectivity index (χ0v) is 11.0. The van der Waals surface area contributed by atoms with Crippen LogP contribution in [-0.2, 0) is 4.74 Å². The largest absolute Gasteiger partial charge is 0.464 e. The number of nitrogen functional groups attached to an aromatic ring is 1. The lowest BCUT2D eigenvalue weighted by atomic mass is 10.3. The predicted octanol–water partition coefficient (Wildman–Crippen LogP) is -0.00430. The summed E-state index contributed by atoms with van der Waals surface area (Å²) in [5, 5.41) is 6.51. The van der Waals surface area contributed by atoms with E-state index in [1.165, 1.54) is 43.2 Å². The van der Waals surface area contributed by atoms with E-state index in [1.54, 1.807) is 0 Å². The molecule has 0 radical (unpaired) electrons. The molecule has 3 N–H and O–H groups in total. The van der Waals surface area contributed by atoms with E-state index in [-0.39, 0.29) is 23.1 Å². The molecule has 0 bridgehead atoms. The molecule has 0 aliphatic carbocycles. The third-order valence-electron chi connectivity index (χ3n) is 2.57. The second kappa shape index (κ2) is 5.39. The van der Waals surface area contributed by atoms with Gasteiger partial charge in [0.2, 0.25) is 0 Å². The summed E-state index contributed by atoms with van der Waals surface area (Å²) in [5.74, 6) is -0.653. The summed E-state index contributed by atoms with van der Waals surface area (Å²) in [7, 11) is 2.77. The van der Waals surface area contributed by atoms with Gasteiger partial charge >= 0.3 is 5.97 Å². The van der Waals surface area contributed by atoms with Crippen LogP contribution >= 0.6 is 0 Å². The van der Waals surface area contributed by atoms with Crippen LogP contribution in [0.1, 0.15) is 21.0 Å². The molecule has 2 aromatic rings. The highest BCUT2D eigenvalue weighted by Crippen LogP contribution is 2.15. The number of carbonyl (C=O) groups is 2. The Kier molecular flexibility index (Phi) is 3.65. The van der Waals surface area contributed by atoms with Crippen LogP contribution in [-0.4, -0.2) is 40.8 Å². The topological polar surface area (TPSA) is 112 Å². The van der Waals surface area contributed by atoms with Crippen molar-refractivity contribution in [1.29, 1.82) is 0 Å². The summed E-state index contributed by atoms with van der Waals surface area (Å²) in [6, 6.07) is 4.49. The van der Waals surface area contributed by atoms with E-state index in [0.717, 1.165) is 0 Å². The molecule has 0 fully saturated rings. The zero-order valence-electron chi connectivity index (χ0n) is 11.0. The first-order valence-electron chi connectivity index (χ1n) is 5.69. The maximum absolute atomic E-state index is 11.5. The Balaban J connectivity index is 2.44. The molecule has 0 saturated carbocycles. The average molecular weight is 275 g/mol. The molecule has 0 unspecified atom stereocenters. The van der Waals surface area contributed by atoms with Crippen molar-refractivity contribution in [2.45, 2.75) is 0 Å². The van der Waals surface area contributed by atoms with E-state index in [9.17, 15) is 9.59 Å². The van der Waals surface area contributed by atoms with E-state index in [1.807, 2.05) is 0 Å². The number of hydrogen-bond donors (Lipinski definition) is 2. The van der Waals surface area contributed by atoms with Gasteiger partial charge in [-0.15, -0.1) is 0 Å². The van der Waals surface area contributed by atoms with E-state index in [0.29, 0.717) is 5.69 Å². The second-order valence-electron chi connectivity index (χ2n) is 3.83. The zero-order chi connectivity index (χ0) is 14.7. The quantitative estimate of drug-likeness (QED) is 0.762. The normalized spacial score (nSPS) is 10.1. The van der Waals surface area contributed by atoms with Gasteiger partial charge in [0.15, 0.2) is 17.2 Å². The third kappa shape index (κ3) is 2.44. The smallest absolute Gasteiger partial charge is 0.356 e. The van der Waals surface area contributed by atoms with E-state index in [4.69, 9.17) is 5.73 Å². The van der Waals surface area contributed by atoms with E-state index < -0.39 is 5.97 Å². The molecule has 0 aromatic carbocycles. The molecule has 0 saturated heterocycles. The fourth-order valence-corrected chi connectivity index (χ4v) is 1.55. The van der Waals surface area contributed by atoms with Crippen LogP contribution in [0.2, 0.25) is 0 Å². The number of anilines is 1. The van der Waals surface area contributed by atoms with Crippen LogP contribution in [0.5, 0.6) is 0 Å². The summed E-state index contributed by atoms with van der Waals surface area (Å²) >= 11 is 0. The fourth-order valence-electron chi connectivity index (χ4n) is 1.55. The first-order chi connectivity index (χ1) is 9.56. The number of pyridine rings is 1. The summed E-state index contributed by atoms with van der Waals surface area (Å²) in [6.45, 7) is 0. The third-order valence-corrected chi connectivity index (χ3v) is 2.57. The van der Waals surface area contributed by atoms with Crippen molar-refractivity contribution in [2.24, 2.45) is 0 Å². The summed E-state index contributed by atoms with van der Waals surface area (Å²) < 4.78 is 5.92. The number of ether oxygens (including phenoxy) is 1.